The Morgan fingerprint density at radius 1 is 1.15 bits per heavy atom. The molecule has 1 fully saturated rings. The summed E-state index contributed by atoms with van der Waals surface area (Å²) in [4.78, 5) is 3.70. The topological polar surface area (TPSA) is 62.1 Å². The van der Waals surface area contributed by atoms with E-state index in [4.69, 9.17) is 5.10 Å². The Kier molecular flexibility index (Phi) is 5.69. The summed E-state index contributed by atoms with van der Waals surface area (Å²) < 4.78 is 18.5. The van der Waals surface area contributed by atoms with E-state index >= 15 is 0 Å². The van der Waals surface area contributed by atoms with E-state index in [-0.39, 0.29) is 5.82 Å². The standard InChI is InChI=1S/C25H25FN6S/c1-16-5-4-6-22(26)25(16)33-23-11-18(15-31-24(23)19(12-27)13-28-31)21-14-29-32(17(21)2)20-7-9-30(3)10-8-20/h4-6,11,13-15,20H,7-10H2,1-3H3. The van der Waals surface area contributed by atoms with Crippen LogP contribution in [0.15, 0.2) is 52.6 Å². The third kappa shape index (κ3) is 3.92. The molecular formula is C25H25FN6S. The monoisotopic (exact) mass is 460 g/mol. The van der Waals surface area contributed by atoms with Crippen LogP contribution in [0.25, 0.3) is 16.6 Å². The second kappa shape index (κ2) is 8.65. The highest BCUT2D eigenvalue weighted by Gasteiger charge is 2.23. The maximum Gasteiger partial charge on any atom is 0.137 e. The van der Waals surface area contributed by atoms with E-state index in [0.29, 0.717) is 22.0 Å². The number of hydrogen-bond acceptors (Lipinski definition) is 5. The highest BCUT2D eigenvalue weighted by molar-refractivity contribution is 7.99. The lowest BCUT2D eigenvalue weighted by molar-refractivity contribution is 0.210. The zero-order chi connectivity index (χ0) is 23.1. The fourth-order valence-electron chi connectivity index (χ4n) is 4.56. The Balaban J connectivity index is 1.60. The van der Waals surface area contributed by atoms with Gasteiger partial charge in [0.25, 0.3) is 0 Å². The molecule has 6 nitrogen and oxygen atoms in total. The summed E-state index contributed by atoms with van der Waals surface area (Å²) in [5.41, 5.74) is 5.09. The van der Waals surface area contributed by atoms with Crippen molar-refractivity contribution in [2.75, 3.05) is 20.1 Å². The number of aryl methyl sites for hydroxylation is 1. The van der Waals surface area contributed by atoms with Crippen LogP contribution in [0.3, 0.4) is 0 Å². The van der Waals surface area contributed by atoms with Crippen LogP contribution in [0.5, 0.6) is 0 Å². The first-order valence-corrected chi connectivity index (χ1v) is 11.9. The van der Waals surface area contributed by atoms with Gasteiger partial charge in [-0.25, -0.2) is 8.91 Å². The Morgan fingerprint density at radius 3 is 2.67 bits per heavy atom. The zero-order valence-electron chi connectivity index (χ0n) is 18.9. The molecule has 168 valence electrons. The van der Waals surface area contributed by atoms with Crippen molar-refractivity contribution in [1.82, 2.24) is 24.3 Å². The van der Waals surface area contributed by atoms with E-state index in [9.17, 15) is 9.65 Å². The lowest BCUT2D eigenvalue weighted by Crippen LogP contribution is -2.32. The van der Waals surface area contributed by atoms with Crippen LogP contribution in [0.4, 0.5) is 4.39 Å². The van der Waals surface area contributed by atoms with Gasteiger partial charge in [-0.2, -0.15) is 15.5 Å². The second-order valence-corrected chi connectivity index (χ2v) is 9.72. The van der Waals surface area contributed by atoms with Crippen molar-refractivity contribution in [3.63, 3.8) is 0 Å². The smallest absolute Gasteiger partial charge is 0.137 e. The number of piperidine rings is 1. The second-order valence-electron chi connectivity index (χ2n) is 8.67. The molecule has 8 heteroatoms. The van der Waals surface area contributed by atoms with Gasteiger partial charge in [0.05, 0.1) is 34.4 Å². The van der Waals surface area contributed by atoms with Crippen molar-refractivity contribution in [1.29, 1.82) is 5.26 Å². The number of halogens is 1. The van der Waals surface area contributed by atoms with Crippen molar-refractivity contribution >= 4 is 17.3 Å². The molecule has 0 spiro atoms. The first-order valence-electron chi connectivity index (χ1n) is 11.0. The minimum absolute atomic E-state index is 0.271. The Labute approximate surface area is 196 Å². The molecule has 1 aliphatic rings. The molecule has 0 radical (unpaired) electrons. The quantitative estimate of drug-likeness (QED) is 0.417. The average Bonchev–Trinajstić information content (AvgIpc) is 3.40. The molecule has 3 aromatic heterocycles. The van der Waals surface area contributed by atoms with Crippen LogP contribution in [0.1, 0.15) is 35.7 Å². The summed E-state index contributed by atoms with van der Waals surface area (Å²) in [7, 11) is 2.16. The van der Waals surface area contributed by atoms with Crippen LogP contribution < -0.4 is 0 Å². The van der Waals surface area contributed by atoms with Gasteiger partial charge < -0.3 is 4.90 Å². The molecule has 0 aliphatic carbocycles. The molecule has 1 aromatic carbocycles. The lowest BCUT2D eigenvalue weighted by atomic mass is 10.0. The highest BCUT2D eigenvalue weighted by Crippen LogP contribution is 2.39. The number of nitrogens with zero attached hydrogens (tertiary/aromatic N) is 6. The van der Waals surface area contributed by atoms with E-state index in [0.717, 1.165) is 53.2 Å². The molecule has 33 heavy (non-hydrogen) atoms. The van der Waals surface area contributed by atoms with E-state index < -0.39 is 0 Å². The predicted octanol–water partition coefficient (Wildman–Crippen LogP) is 5.24. The van der Waals surface area contributed by atoms with Crippen LogP contribution in [0.2, 0.25) is 0 Å². The summed E-state index contributed by atoms with van der Waals surface area (Å²) in [5.74, 6) is -0.271. The third-order valence-corrected chi connectivity index (χ3v) is 7.71. The van der Waals surface area contributed by atoms with E-state index in [1.165, 1.54) is 17.8 Å². The predicted molar refractivity (Wildman–Crippen MR) is 127 cm³/mol. The fraction of sp³-hybridized carbons (Fsp3) is 0.320. The SMILES string of the molecule is Cc1cccc(F)c1Sc1cc(-c2cnn(C3CCN(C)CC3)c2C)cn2ncc(C#N)c12. The molecule has 1 aliphatic heterocycles. The molecule has 0 bridgehead atoms. The van der Waals surface area contributed by atoms with Crippen molar-refractivity contribution < 1.29 is 4.39 Å². The van der Waals surface area contributed by atoms with E-state index in [1.807, 2.05) is 31.5 Å². The molecule has 0 amide bonds. The van der Waals surface area contributed by atoms with Crippen molar-refractivity contribution in [2.24, 2.45) is 0 Å². The largest absolute Gasteiger partial charge is 0.306 e. The fourth-order valence-corrected chi connectivity index (χ4v) is 5.66. The maximum atomic E-state index is 14.6. The Morgan fingerprint density at radius 2 is 1.94 bits per heavy atom. The number of likely N-dealkylation sites (tertiary alicyclic amines) is 1. The van der Waals surface area contributed by atoms with E-state index in [1.54, 1.807) is 16.8 Å². The highest BCUT2D eigenvalue weighted by atomic mass is 32.2. The molecule has 1 saturated heterocycles. The van der Waals surface area contributed by atoms with Crippen LogP contribution in [0, 0.1) is 31.0 Å². The van der Waals surface area contributed by atoms with Crippen LogP contribution in [-0.4, -0.2) is 44.4 Å². The number of hydrogen-bond donors (Lipinski definition) is 0. The average molecular weight is 461 g/mol. The summed E-state index contributed by atoms with van der Waals surface area (Å²) >= 11 is 1.33. The van der Waals surface area contributed by atoms with Gasteiger partial charge in [-0.1, -0.05) is 23.9 Å². The van der Waals surface area contributed by atoms with Gasteiger partial charge >= 0.3 is 0 Å². The normalized spacial score (nSPS) is 15.2. The van der Waals surface area contributed by atoms with Gasteiger partial charge in [-0.15, -0.1) is 0 Å². The lowest BCUT2D eigenvalue weighted by Gasteiger charge is -2.29. The van der Waals surface area contributed by atoms with Gasteiger partial charge in [0.2, 0.25) is 0 Å². The van der Waals surface area contributed by atoms with Gasteiger partial charge in [-0.3, -0.25) is 4.68 Å². The van der Waals surface area contributed by atoms with Crippen molar-refractivity contribution in [3.8, 4) is 17.2 Å². The number of pyridine rings is 1. The molecule has 4 heterocycles. The van der Waals surface area contributed by atoms with E-state index in [2.05, 4.69) is 34.7 Å². The first-order chi connectivity index (χ1) is 16.0. The summed E-state index contributed by atoms with van der Waals surface area (Å²) in [6.07, 6.45) is 7.56. The van der Waals surface area contributed by atoms with Crippen LogP contribution >= 0.6 is 11.8 Å². The van der Waals surface area contributed by atoms with Crippen molar-refractivity contribution in [2.45, 2.75) is 42.5 Å². The molecule has 0 unspecified atom stereocenters. The minimum Gasteiger partial charge on any atom is -0.306 e. The summed E-state index contributed by atoms with van der Waals surface area (Å²) in [6, 6.07) is 9.70. The van der Waals surface area contributed by atoms with Gasteiger partial charge in [0.1, 0.15) is 11.9 Å². The van der Waals surface area contributed by atoms with Crippen molar-refractivity contribution in [3.05, 3.63) is 65.5 Å². The molecule has 4 aromatic rings. The first kappa shape index (κ1) is 21.7. The number of fused-ring (bicyclic) bond motifs is 1. The zero-order valence-corrected chi connectivity index (χ0v) is 19.7. The number of aromatic nitrogens is 4. The molecule has 5 rings (SSSR count). The van der Waals surface area contributed by atoms with Gasteiger partial charge in [0.15, 0.2) is 0 Å². The van der Waals surface area contributed by atoms with Gasteiger partial charge in [-0.05, 0) is 64.5 Å². The number of benzene rings is 1. The summed E-state index contributed by atoms with van der Waals surface area (Å²) in [6.45, 7) is 6.13. The minimum atomic E-state index is -0.271. The maximum absolute atomic E-state index is 14.6. The van der Waals surface area contributed by atoms with Crippen LogP contribution in [-0.2, 0) is 0 Å². The summed E-state index contributed by atoms with van der Waals surface area (Å²) in [5, 5.41) is 18.8. The molecule has 0 saturated carbocycles. The number of nitriles is 1. The number of rotatable bonds is 4. The third-order valence-electron chi connectivity index (χ3n) is 6.46. The Hall–Kier alpha value is -3.15. The Bertz CT molecular complexity index is 1350. The molecule has 0 N–H and O–H groups in total. The molecule has 0 atom stereocenters. The van der Waals surface area contributed by atoms with Gasteiger partial charge in [0, 0.05) is 27.9 Å². The molecular weight excluding hydrogens is 435 g/mol.